The molecule has 0 bridgehead atoms. The standard InChI is InChI=1S/C14H27NO2/c1-5-6-15-10-13(16)17-12-7-11(2)8-14(3,4)9-12/h11-12,15H,5-10H2,1-4H3. The summed E-state index contributed by atoms with van der Waals surface area (Å²) >= 11 is 0. The van der Waals surface area contributed by atoms with Crippen molar-refractivity contribution in [2.24, 2.45) is 11.3 Å². The van der Waals surface area contributed by atoms with E-state index in [-0.39, 0.29) is 12.1 Å². The van der Waals surface area contributed by atoms with Crippen LogP contribution >= 0.6 is 0 Å². The molecule has 1 aliphatic carbocycles. The highest BCUT2D eigenvalue weighted by atomic mass is 16.5. The molecule has 100 valence electrons. The van der Waals surface area contributed by atoms with Gasteiger partial charge in [0.1, 0.15) is 6.10 Å². The Kier molecular flexibility index (Phi) is 5.44. The van der Waals surface area contributed by atoms with Crippen LogP contribution < -0.4 is 5.32 Å². The molecule has 0 aromatic carbocycles. The molecule has 1 saturated carbocycles. The molecule has 0 amide bonds. The fourth-order valence-electron chi connectivity index (χ4n) is 2.94. The van der Waals surface area contributed by atoms with Gasteiger partial charge in [-0.25, -0.2) is 0 Å². The van der Waals surface area contributed by atoms with Gasteiger partial charge in [0.05, 0.1) is 6.54 Å². The summed E-state index contributed by atoms with van der Waals surface area (Å²) in [6.45, 7) is 10.1. The monoisotopic (exact) mass is 241 g/mol. The molecule has 3 nitrogen and oxygen atoms in total. The Bertz CT molecular complexity index is 251. The fraction of sp³-hybridized carbons (Fsp3) is 0.929. The Balaban J connectivity index is 2.32. The van der Waals surface area contributed by atoms with Crippen molar-refractivity contribution in [1.82, 2.24) is 5.32 Å². The van der Waals surface area contributed by atoms with Crippen molar-refractivity contribution in [2.75, 3.05) is 13.1 Å². The van der Waals surface area contributed by atoms with Crippen LogP contribution in [-0.4, -0.2) is 25.2 Å². The molecule has 0 aromatic heterocycles. The molecule has 1 fully saturated rings. The summed E-state index contributed by atoms with van der Waals surface area (Å²) in [4.78, 5) is 11.6. The maximum atomic E-state index is 11.6. The molecule has 2 atom stereocenters. The predicted molar refractivity (Wildman–Crippen MR) is 69.8 cm³/mol. The Morgan fingerprint density at radius 1 is 1.41 bits per heavy atom. The van der Waals surface area contributed by atoms with Crippen LogP contribution in [0.5, 0.6) is 0 Å². The molecule has 1 rings (SSSR count). The average molecular weight is 241 g/mol. The van der Waals surface area contributed by atoms with Crippen molar-refractivity contribution in [3.63, 3.8) is 0 Å². The molecule has 1 N–H and O–H groups in total. The van der Waals surface area contributed by atoms with Crippen LogP contribution in [0.4, 0.5) is 0 Å². The summed E-state index contributed by atoms with van der Waals surface area (Å²) in [6, 6.07) is 0. The van der Waals surface area contributed by atoms with E-state index in [0.29, 0.717) is 17.9 Å². The summed E-state index contributed by atoms with van der Waals surface area (Å²) in [7, 11) is 0. The number of hydrogen-bond donors (Lipinski definition) is 1. The van der Waals surface area contributed by atoms with Crippen molar-refractivity contribution >= 4 is 5.97 Å². The van der Waals surface area contributed by atoms with E-state index in [2.05, 4.69) is 33.0 Å². The highest BCUT2D eigenvalue weighted by Gasteiger charge is 2.33. The van der Waals surface area contributed by atoms with Crippen LogP contribution in [0.3, 0.4) is 0 Å². The Morgan fingerprint density at radius 2 is 2.12 bits per heavy atom. The van der Waals surface area contributed by atoms with Gasteiger partial charge in [-0.05, 0) is 43.6 Å². The van der Waals surface area contributed by atoms with E-state index in [0.717, 1.165) is 25.8 Å². The van der Waals surface area contributed by atoms with Crippen molar-refractivity contribution in [3.8, 4) is 0 Å². The van der Waals surface area contributed by atoms with Crippen LogP contribution in [0.15, 0.2) is 0 Å². The Hall–Kier alpha value is -0.570. The average Bonchev–Trinajstić information content (AvgIpc) is 2.14. The van der Waals surface area contributed by atoms with E-state index < -0.39 is 0 Å². The zero-order chi connectivity index (χ0) is 12.9. The second kappa shape index (κ2) is 6.39. The minimum absolute atomic E-state index is 0.103. The zero-order valence-electron chi connectivity index (χ0n) is 11.7. The number of esters is 1. The third-order valence-electron chi connectivity index (χ3n) is 3.34. The Labute approximate surface area is 105 Å². The second-order valence-electron chi connectivity index (χ2n) is 6.20. The van der Waals surface area contributed by atoms with Gasteiger partial charge in [-0.1, -0.05) is 27.7 Å². The molecule has 2 unspecified atom stereocenters. The predicted octanol–water partition coefficient (Wildman–Crippen LogP) is 2.74. The summed E-state index contributed by atoms with van der Waals surface area (Å²) in [6.07, 6.45) is 4.40. The van der Waals surface area contributed by atoms with Gasteiger partial charge in [0, 0.05) is 0 Å². The highest BCUT2D eigenvalue weighted by molar-refractivity contribution is 5.71. The first kappa shape index (κ1) is 14.5. The van der Waals surface area contributed by atoms with Gasteiger partial charge in [-0.2, -0.15) is 0 Å². The van der Waals surface area contributed by atoms with Crippen LogP contribution in [0.2, 0.25) is 0 Å². The molecular weight excluding hydrogens is 214 g/mol. The normalized spacial score (nSPS) is 27.8. The summed E-state index contributed by atoms with van der Waals surface area (Å²) in [5.74, 6) is 0.550. The minimum atomic E-state index is -0.103. The van der Waals surface area contributed by atoms with Crippen molar-refractivity contribution < 1.29 is 9.53 Å². The third kappa shape index (κ3) is 5.53. The van der Waals surface area contributed by atoms with E-state index in [9.17, 15) is 4.79 Å². The fourth-order valence-corrected chi connectivity index (χ4v) is 2.94. The molecule has 0 aliphatic heterocycles. The number of hydrogen-bond acceptors (Lipinski definition) is 3. The maximum absolute atomic E-state index is 11.6. The van der Waals surface area contributed by atoms with Crippen LogP contribution in [0, 0.1) is 11.3 Å². The molecular formula is C14H27NO2. The van der Waals surface area contributed by atoms with E-state index >= 15 is 0 Å². The quantitative estimate of drug-likeness (QED) is 0.594. The number of carbonyl (C=O) groups is 1. The van der Waals surface area contributed by atoms with Gasteiger partial charge < -0.3 is 10.1 Å². The van der Waals surface area contributed by atoms with Gasteiger partial charge in [-0.15, -0.1) is 0 Å². The largest absolute Gasteiger partial charge is 0.461 e. The number of rotatable bonds is 5. The van der Waals surface area contributed by atoms with Gasteiger partial charge in [0.15, 0.2) is 0 Å². The minimum Gasteiger partial charge on any atom is -0.461 e. The summed E-state index contributed by atoms with van der Waals surface area (Å²) in [5.41, 5.74) is 0.305. The summed E-state index contributed by atoms with van der Waals surface area (Å²) < 4.78 is 5.54. The third-order valence-corrected chi connectivity index (χ3v) is 3.34. The molecule has 3 heteroatoms. The summed E-state index contributed by atoms with van der Waals surface area (Å²) in [5, 5.41) is 3.08. The number of ether oxygens (including phenoxy) is 1. The van der Waals surface area contributed by atoms with E-state index in [1.54, 1.807) is 0 Å². The van der Waals surface area contributed by atoms with E-state index in [1.165, 1.54) is 6.42 Å². The van der Waals surface area contributed by atoms with Crippen LogP contribution in [0.25, 0.3) is 0 Å². The van der Waals surface area contributed by atoms with Crippen molar-refractivity contribution in [2.45, 2.75) is 59.5 Å². The molecule has 0 saturated heterocycles. The molecule has 0 spiro atoms. The Morgan fingerprint density at radius 3 is 2.71 bits per heavy atom. The lowest BCUT2D eigenvalue weighted by Crippen LogP contribution is -2.36. The first-order chi connectivity index (χ1) is 7.93. The lowest BCUT2D eigenvalue weighted by atomic mass is 9.71. The molecule has 0 aromatic rings. The number of nitrogens with one attached hydrogen (secondary N) is 1. The van der Waals surface area contributed by atoms with Crippen molar-refractivity contribution in [3.05, 3.63) is 0 Å². The first-order valence-corrected chi connectivity index (χ1v) is 6.83. The second-order valence-corrected chi connectivity index (χ2v) is 6.20. The topological polar surface area (TPSA) is 38.3 Å². The van der Waals surface area contributed by atoms with Gasteiger partial charge in [0.25, 0.3) is 0 Å². The SMILES string of the molecule is CCCNCC(=O)OC1CC(C)CC(C)(C)C1. The lowest BCUT2D eigenvalue weighted by Gasteiger charge is -2.38. The molecule has 0 radical (unpaired) electrons. The highest BCUT2D eigenvalue weighted by Crippen LogP contribution is 2.39. The maximum Gasteiger partial charge on any atom is 0.320 e. The molecule has 1 aliphatic rings. The first-order valence-electron chi connectivity index (χ1n) is 6.83. The molecule has 0 heterocycles. The zero-order valence-corrected chi connectivity index (χ0v) is 11.7. The van der Waals surface area contributed by atoms with Crippen LogP contribution in [-0.2, 0) is 9.53 Å². The van der Waals surface area contributed by atoms with Crippen molar-refractivity contribution in [1.29, 1.82) is 0 Å². The lowest BCUT2D eigenvalue weighted by molar-refractivity contribution is -0.152. The van der Waals surface area contributed by atoms with Gasteiger partial charge in [0.2, 0.25) is 0 Å². The van der Waals surface area contributed by atoms with E-state index in [1.807, 2.05) is 0 Å². The van der Waals surface area contributed by atoms with Gasteiger partial charge in [-0.3, -0.25) is 4.79 Å². The smallest absolute Gasteiger partial charge is 0.320 e. The van der Waals surface area contributed by atoms with Crippen LogP contribution in [0.1, 0.15) is 53.4 Å². The number of carbonyl (C=O) groups excluding carboxylic acids is 1. The van der Waals surface area contributed by atoms with Gasteiger partial charge >= 0.3 is 5.97 Å². The van der Waals surface area contributed by atoms with E-state index in [4.69, 9.17) is 4.74 Å². The molecule has 17 heavy (non-hydrogen) atoms.